The van der Waals surface area contributed by atoms with Gasteiger partial charge in [0.25, 0.3) is 0 Å². The van der Waals surface area contributed by atoms with Gasteiger partial charge in [-0.3, -0.25) is 0 Å². The van der Waals surface area contributed by atoms with Crippen molar-refractivity contribution in [1.82, 2.24) is 4.98 Å². The minimum atomic E-state index is 0.307. The molecule has 0 saturated heterocycles. The predicted octanol–water partition coefficient (Wildman–Crippen LogP) is 1.97. The van der Waals surface area contributed by atoms with Gasteiger partial charge in [-0.05, 0) is 43.7 Å². The molecule has 2 heterocycles. The van der Waals surface area contributed by atoms with Crippen molar-refractivity contribution in [2.75, 3.05) is 11.9 Å². The van der Waals surface area contributed by atoms with E-state index in [0.29, 0.717) is 12.6 Å². The zero-order valence-corrected chi connectivity index (χ0v) is 8.95. The van der Waals surface area contributed by atoms with E-state index in [0.717, 1.165) is 31.5 Å². The SMILES string of the molecule is OCCCC[C@H]1CCc2cccnc2N1. The van der Waals surface area contributed by atoms with Gasteiger partial charge < -0.3 is 10.4 Å². The quantitative estimate of drug-likeness (QED) is 0.740. The largest absolute Gasteiger partial charge is 0.396 e. The highest BCUT2D eigenvalue weighted by atomic mass is 16.2. The lowest BCUT2D eigenvalue weighted by atomic mass is 9.97. The third kappa shape index (κ3) is 2.69. The average Bonchev–Trinajstić information content (AvgIpc) is 2.29. The molecule has 1 aliphatic rings. The summed E-state index contributed by atoms with van der Waals surface area (Å²) in [5, 5.41) is 12.2. The van der Waals surface area contributed by atoms with Gasteiger partial charge in [-0.25, -0.2) is 4.98 Å². The number of aliphatic hydroxyl groups excluding tert-OH is 1. The van der Waals surface area contributed by atoms with E-state index in [-0.39, 0.29) is 0 Å². The minimum absolute atomic E-state index is 0.307. The molecule has 1 aliphatic heterocycles. The van der Waals surface area contributed by atoms with E-state index < -0.39 is 0 Å². The first-order valence-electron chi connectivity index (χ1n) is 5.71. The molecule has 0 aliphatic carbocycles. The van der Waals surface area contributed by atoms with Crippen LogP contribution in [0.1, 0.15) is 31.2 Å². The molecule has 1 aromatic heterocycles. The minimum Gasteiger partial charge on any atom is -0.396 e. The zero-order chi connectivity index (χ0) is 10.5. The van der Waals surface area contributed by atoms with Gasteiger partial charge >= 0.3 is 0 Å². The number of pyridine rings is 1. The molecule has 0 spiro atoms. The number of hydrogen-bond donors (Lipinski definition) is 2. The molecule has 0 unspecified atom stereocenters. The normalized spacial score (nSPS) is 19.4. The number of unbranched alkanes of at least 4 members (excludes halogenated alkanes) is 1. The molecule has 15 heavy (non-hydrogen) atoms. The first-order chi connectivity index (χ1) is 7.40. The molecular weight excluding hydrogens is 188 g/mol. The molecule has 0 radical (unpaired) electrons. The van der Waals surface area contributed by atoms with E-state index in [1.54, 1.807) is 0 Å². The van der Waals surface area contributed by atoms with Crippen LogP contribution >= 0.6 is 0 Å². The first-order valence-corrected chi connectivity index (χ1v) is 5.71. The van der Waals surface area contributed by atoms with Crippen LogP contribution in [0.2, 0.25) is 0 Å². The van der Waals surface area contributed by atoms with Crippen LogP contribution < -0.4 is 5.32 Å². The average molecular weight is 206 g/mol. The molecule has 82 valence electrons. The van der Waals surface area contributed by atoms with Crippen LogP contribution in [0.4, 0.5) is 5.82 Å². The maximum atomic E-state index is 8.72. The van der Waals surface area contributed by atoms with Gasteiger partial charge in [0.15, 0.2) is 0 Å². The zero-order valence-electron chi connectivity index (χ0n) is 8.95. The van der Waals surface area contributed by atoms with Gasteiger partial charge in [-0.2, -0.15) is 0 Å². The number of aromatic nitrogens is 1. The molecular formula is C12H18N2O. The predicted molar refractivity (Wildman–Crippen MR) is 60.9 cm³/mol. The summed E-state index contributed by atoms with van der Waals surface area (Å²) in [5.41, 5.74) is 1.33. The van der Waals surface area contributed by atoms with Crippen molar-refractivity contribution in [3.8, 4) is 0 Å². The molecule has 0 amide bonds. The van der Waals surface area contributed by atoms with Crippen molar-refractivity contribution in [3.05, 3.63) is 23.9 Å². The maximum absolute atomic E-state index is 8.72. The number of anilines is 1. The number of fused-ring (bicyclic) bond motifs is 1. The van der Waals surface area contributed by atoms with Crippen molar-refractivity contribution in [2.45, 2.75) is 38.1 Å². The van der Waals surface area contributed by atoms with Gasteiger partial charge in [0.1, 0.15) is 5.82 Å². The first kappa shape index (κ1) is 10.4. The topological polar surface area (TPSA) is 45.2 Å². The molecule has 0 saturated carbocycles. The fourth-order valence-electron chi connectivity index (χ4n) is 2.08. The Balaban J connectivity index is 1.88. The van der Waals surface area contributed by atoms with E-state index in [4.69, 9.17) is 5.11 Å². The number of aliphatic hydroxyl groups is 1. The van der Waals surface area contributed by atoms with E-state index in [1.807, 2.05) is 12.3 Å². The standard InChI is InChI=1S/C12H18N2O/c15-9-2-1-5-11-7-6-10-4-3-8-13-12(10)14-11/h3-4,8,11,15H,1-2,5-7,9H2,(H,13,14)/t11-/m0/s1. The van der Waals surface area contributed by atoms with Gasteiger partial charge in [-0.1, -0.05) is 6.07 Å². The van der Waals surface area contributed by atoms with Crippen molar-refractivity contribution in [1.29, 1.82) is 0 Å². The lowest BCUT2D eigenvalue weighted by Gasteiger charge is -2.25. The van der Waals surface area contributed by atoms with Crippen LogP contribution in [0.5, 0.6) is 0 Å². The summed E-state index contributed by atoms with van der Waals surface area (Å²) < 4.78 is 0. The summed E-state index contributed by atoms with van der Waals surface area (Å²) >= 11 is 0. The van der Waals surface area contributed by atoms with Crippen molar-refractivity contribution < 1.29 is 5.11 Å². The van der Waals surface area contributed by atoms with Gasteiger partial charge in [0.05, 0.1) is 0 Å². The Hall–Kier alpha value is -1.09. The lowest BCUT2D eigenvalue weighted by molar-refractivity contribution is 0.281. The van der Waals surface area contributed by atoms with Crippen LogP contribution in [0.15, 0.2) is 18.3 Å². The van der Waals surface area contributed by atoms with Crippen LogP contribution in [0, 0.1) is 0 Å². The fourth-order valence-corrected chi connectivity index (χ4v) is 2.08. The van der Waals surface area contributed by atoms with E-state index >= 15 is 0 Å². The Labute approximate surface area is 90.5 Å². The Morgan fingerprint density at radius 3 is 3.27 bits per heavy atom. The Bertz CT molecular complexity index is 314. The molecule has 3 heteroatoms. The van der Waals surface area contributed by atoms with Crippen molar-refractivity contribution >= 4 is 5.82 Å². The van der Waals surface area contributed by atoms with E-state index in [9.17, 15) is 0 Å². The summed E-state index contributed by atoms with van der Waals surface area (Å²) in [6.45, 7) is 0.307. The van der Waals surface area contributed by atoms with Crippen LogP contribution in [-0.2, 0) is 6.42 Å². The van der Waals surface area contributed by atoms with Crippen LogP contribution in [0.3, 0.4) is 0 Å². The Kier molecular flexibility index (Phi) is 3.56. The third-order valence-corrected chi connectivity index (χ3v) is 2.95. The highest BCUT2D eigenvalue weighted by Gasteiger charge is 2.17. The molecule has 0 aromatic carbocycles. The fraction of sp³-hybridized carbons (Fsp3) is 0.583. The van der Waals surface area contributed by atoms with Gasteiger partial charge in [-0.15, -0.1) is 0 Å². The highest BCUT2D eigenvalue weighted by Crippen LogP contribution is 2.24. The highest BCUT2D eigenvalue weighted by molar-refractivity contribution is 5.46. The van der Waals surface area contributed by atoms with Crippen LogP contribution in [0.25, 0.3) is 0 Å². The summed E-state index contributed by atoms with van der Waals surface area (Å²) in [5.74, 6) is 1.05. The number of nitrogens with zero attached hydrogens (tertiary/aromatic N) is 1. The molecule has 1 atom stereocenters. The van der Waals surface area contributed by atoms with Gasteiger partial charge in [0, 0.05) is 18.8 Å². The number of hydrogen-bond acceptors (Lipinski definition) is 3. The Morgan fingerprint density at radius 1 is 1.47 bits per heavy atom. The summed E-state index contributed by atoms with van der Waals surface area (Å²) in [6.07, 6.45) is 7.28. The van der Waals surface area contributed by atoms with Gasteiger partial charge in [0.2, 0.25) is 0 Å². The van der Waals surface area contributed by atoms with E-state index in [2.05, 4.69) is 16.4 Å². The molecule has 0 fully saturated rings. The monoisotopic (exact) mass is 206 g/mol. The Morgan fingerprint density at radius 2 is 2.40 bits per heavy atom. The van der Waals surface area contributed by atoms with Crippen molar-refractivity contribution in [2.24, 2.45) is 0 Å². The molecule has 3 nitrogen and oxygen atoms in total. The molecule has 2 rings (SSSR count). The smallest absolute Gasteiger partial charge is 0.129 e. The second-order valence-electron chi connectivity index (χ2n) is 4.11. The summed E-state index contributed by atoms with van der Waals surface area (Å²) in [4.78, 5) is 4.34. The number of rotatable bonds is 4. The lowest BCUT2D eigenvalue weighted by Crippen LogP contribution is -2.26. The van der Waals surface area contributed by atoms with Crippen LogP contribution in [-0.4, -0.2) is 22.7 Å². The molecule has 0 bridgehead atoms. The maximum Gasteiger partial charge on any atom is 0.129 e. The van der Waals surface area contributed by atoms with E-state index in [1.165, 1.54) is 12.0 Å². The molecule has 1 aromatic rings. The summed E-state index contributed by atoms with van der Waals surface area (Å²) in [6, 6.07) is 4.67. The van der Waals surface area contributed by atoms with Crippen molar-refractivity contribution in [3.63, 3.8) is 0 Å². The second kappa shape index (κ2) is 5.12. The number of aryl methyl sites for hydroxylation is 1. The second-order valence-corrected chi connectivity index (χ2v) is 4.11. The molecule has 2 N–H and O–H groups in total. The summed E-state index contributed by atoms with van der Waals surface area (Å²) in [7, 11) is 0. The third-order valence-electron chi connectivity index (χ3n) is 2.95. The number of nitrogens with one attached hydrogen (secondary N) is 1.